The Morgan fingerprint density at radius 1 is 0.952 bits per heavy atom. The molecule has 0 saturated carbocycles. The van der Waals surface area contributed by atoms with Gasteiger partial charge in [0, 0.05) is 17.2 Å². The van der Waals surface area contributed by atoms with Crippen molar-refractivity contribution in [3.8, 4) is 11.3 Å². The Morgan fingerprint density at radius 3 is 2.19 bits per heavy atom. The molecule has 0 aliphatic carbocycles. The molecule has 1 nitrogen and oxygen atoms in total. The fraction of sp³-hybridized carbons (Fsp3) is 0.450. The third-order valence-corrected chi connectivity index (χ3v) is 4.13. The van der Waals surface area contributed by atoms with Gasteiger partial charge >= 0.3 is 0 Å². The van der Waals surface area contributed by atoms with Crippen LogP contribution in [0.4, 0.5) is 0 Å². The molecule has 0 radical (unpaired) electrons. The summed E-state index contributed by atoms with van der Waals surface area (Å²) >= 11 is 0. The minimum Gasteiger partial charge on any atom is -0.201 e. The highest BCUT2D eigenvalue weighted by Crippen LogP contribution is 2.28. The Morgan fingerprint density at radius 2 is 1.62 bits per heavy atom. The maximum absolute atomic E-state index is 2.35. The first-order chi connectivity index (χ1) is 9.69. The smallest absolute Gasteiger partial charge is 0.201 e. The molecule has 0 N–H and O–H groups in total. The van der Waals surface area contributed by atoms with Crippen molar-refractivity contribution in [2.75, 3.05) is 0 Å². The summed E-state index contributed by atoms with van der Waals surface area (Å²) in [4.78, 5) is 0. The maximum atomic E-state index is 2.35. The summed E-state index contributed by atoms with van der Waals surface area (Å²) in [5.41, 5.74) is 8.51. The Bertz CT molecular complexity index is 660. The van der Waals surface area contributed by atoms with Crippen molar-refractivity contribution in [2.24, 2.45) is 12.5 Å². The number of pyridine rings is 1. The fourth-order valence-corrected chi connectivity index (χ4v) is 2.98. The monoisotopic (exact) mass is 282 g/mol. The van der Waals surface area contributed by atoms with E-state index in [1.807, 2.05) is 0 Å². The molecule has 0 bridgehead atoms. The van der Waals surface area contributed by atoms with E-state index in [-0.39, 0.29) is 0 Å². The number of benzene rings is 1. The Kier molecular flexibility index (Phi) is 4.22. The highest BCUT2D eigenvalue weighted by molar-refractivity contribution is 5.65. The van der Waals surface area contributed by atoms with Gasteiger partial charge in [0.15, 0.2) is 6.20 Å². The molecule has 21 heavy (non-hydrogen) atoms. The molecule has 0 unspecified atom stereocenters. The van der Waals surface area contributed by atoms with E-state index in [0.29, 0.717) is 5.41 Å². The zero-order chi connectivity index (χ0) is 15.8. The van der Waals surface area contributed by atoms with E-state index >= 15 is 0 Å². The van der Waals surface area contributed by atoms with Crippen LogP contribution in [-0.2, 0) is 13.5 Å². The van der Waals surface area contributed by atoms with Crippen LogP contribution in [0.25, 0.3) is 11.3 Å². The Labute approximate surface area is 129 Å². The summed E-state index contributed by atoms with van der Waals surface area (Å²) in [6.07, 6.45) is 3.27. The molecular weight excluding hydrogens is 254 g/mol. The van der Waals surface area contributed by atoms with Crippen LogP contribution in [0.1, 0.15) is 43.0 Å². The lowest BCUT2D eigenvalue weighted by atomic mass is 9.86. The number of rotatable bonds is 2. The van der Waals surface area contributed by atoms with E-state index < -0.39 is 0 Å². The van der Waals surface area contributed by atoms with Crippen LogP contribution in [-0.4, -0.2) is 0 Å². The van der Waals surface area contributed by atoms with E-state index in [1.165, 1.54) is 33.5 Å². The Hall–Kier alpha value is -1.63. The van der Waals surface area contributed by atoms with Crippen molar-refractivity contribution in [1.82, 2.24) is 0 Å². The summed E-state index contributed by atoms with van der Waals surface area (Å²) in [7, 11) is 2.13. The van der Waals surface area contributed by atoms with E-state index in [1.54, 1.807) is 0 Å². The van der Waals surface area contributed by atoms with Gasteiger partial charge in [0.2, 0.25) is 5.69 Å². The van der Waals surface area contributed by atoms with Gasteiger partial charge in [0.05, 0.1) is 0 Å². The minimum atomic E-state index is 0.331. The van der Waals surface area contributed by atoms with Crippen molar-refractivity contribution >= 4 is 0 Å². The van der Waals surface area contributed by atoms with Crippen molar-refractivity contribution in [3.05, 3.63) is 52.7 Å². The SMILES string of the molecule is Cc1cc(CC(C)(C)C)ccc1-c1c(C)c(C)cc[n+]1C. The zero-order valence-corrected chi connectivity index (χ0v) is 14.5. The van der Waals surface area contributed by atoms with Gasteiger partial charge in [0.1, 0.15) is 7.05 Å². The lowest BCUT2D eigenvalue weighted by Gasteiger charge is -2.19. The van der Waals surface area contributed by atoms with Crippen LogP contribution in [0.3, 0.4) is 0 Å². The molecule has 2 aromatic rings. The summed E-state index contributed by atoms with van der Waals surface area (Å²) in [5.74, 6) is 0. The second kappa shape index (κ2) is 5.63. The van der Waals surface area contributed by atoms with Crippen LogP contribution < -0.4 is 4.57 Å². The number of aryl methyl sites for hydroxylation is 3. The van der Waals surface area contributed by atoms with Gasteiger partial charge in [-0.05, 0) is 55.4 Å². The highest BCUT2D eigenvalue weighted by Gasteiger charge is 2.18. The maximum Gasteiger partial charge on any atom is 0.215 e. The number of nitrogens with zero attached hydrogens (tertiary/aromatic N) is 1. The van der Waals surface area contributed by atoms with Gasteiger partial charge in [-0.1, -0.05) is 32.9 Å². The predicted octanol–water partition coefficient (Wildman–Crippen LogP) is 4.69. The highest BCUT2D eigenvalue weighted by atomic mass is 14.9. The molecule has 0 aliphatic heterocycles. The molecule has 0 atom stereocenters. The summed E-state index contributed by atoms with van der Waals surface area (Å²) in [6, 6.07) is 9.11. The second-order valence-electron chi connectivity index (χ2n) is 7.47. The molecule has 0 amide bonds. The molecule has 0 fully saturated rings. The van der Waals surface area contributed by atoms with Crippen molar-refractivity contribution in [3.63, 3.8) is 0 Å². The first kappa shape index (κ1) is 15.8. The van der Waals surface area contributed by atoms with Gasteiger partial charge in [-0.3, -0.25) is 0 Å². The molecule has 112 valence electrons. The van der Waals surface area contributed by atoms with Gasteiger partial charge in [-0.2, -0.15) is 0 Å². The third kappa shape index (κ3) is 3.53. The number of aromatic nitrogens is 1. The molecule has 0 saturated heterocycles. The van der Waals surface area contributed by atoms with Crippen molar-refractivity contribution in [2.45, 2.75) is 48.0 Å². The quantitative estimate of drug-likeness (QED) is 0.703. The van der Waals surface area contributed by atoms with Gasteiger partial charge in [0.25, 0.3) is 0 Å². The molecule has 1 aromatic heterocycles. The molecular formula is C20H28N+. The fourth-order valence-electron chi connectivity index (χ4n) is 2.98. The van der Waals surface area contributed by atoms with Crippen molar-refractivity contribution < 1.29 is 4.57 Å². The van der Waals surface area contributed by atoms with Crippen molar-refractivity contribution in [1.29, 1.82) is 0 Å². The lowest BCUT2D eigenvalue weighted by Crippen LogP contribution is -2.32. The van der Waals surface area contributed by atoms with Crippen LogP contribution in [0.15, 0.2) is 30.5 Å². The minimum absolute atomic E-state index is 0.331. The molecule has 0 spiro atoms. The van der Waals surface area contributed by atoms with E-state index in [9.17, 15) is 0 Å². The second-order valence-corrected chi connectivity index (χ2v) is 7.47. The van der Waals surface area contributed by atoms with E-state index in [0.717, 1.165) is 6.42 Å². The first-order valence-electron chi connectivity index (χ1n) is 7.75. The van der Waals surface area contributed by atoms with Gasteiger partial charge in [-0.15, -0.1) is 0 Å². The average molecular weight is 282 g/mol. The van der Waals surface area contributed by atoms with E-state index in [2.05, 4.69) is 83.6 Å². The van der Waals surface area contributed by atoms with Crippen LogP contribution in [0.2, 0.25) is 0 Å². The predicted molar refractivity (Wildman–Crippen MR) is 90.4 cm³/mol. The molecule has 2 rings (SSSR count). The lowest BCUT2D eigenvalue weighted by molar-refractivity contribution is -0.660. The Balaban J connectivity index is 2.50. The number of hydrogen-bond acceptors (Lipinski definition) is 0. The van der Waals surface area contributed by atoms with Gasteiger partial charge in [-0.25, -0.2) is 4.57 Å². The molecule has 1 aromatic carbocycles. The first-order valence-corrected chi connectivity index (χ1v) is 7.75. The topological polar surface area (TPSA) is 3.88 Å². The summed E-state index contributed by atoms with van der Waals surface area (Å²) in [6.45, 7) is 13.5. The number of hydrogen-bond donors (Lipinski definition) is 0. The zero-order valence-electron chi connectivity index (χ0n) is 14.5. The molecule has 1 heterocycles. The normalized spacial score (nSPS) is 11.8. The van der Waals surface area contributed by atoms with Gasteiger partial charge < -0.3 is 0 Å². The van der Waals surface area contributed by atoms with Crippen LogP contribution in [0.5, 0.6) is 0 Å². The average Bonchev–Trinajstić information content (AvgIpc) is 2.35. The van der Waals surface area contributed by atoms with Crippen LogP contribution in [0, 0.1) is 26.2 Å². The van der Waals surface area contributed by atoms with E-state index in [4.69, 9.17) is 0 Å². The molecule has 1 heteroatoms. The summed E-state index contributed by atoms with van der Waals surface area (Å²) < 4.78 is 2.23. The largest absolute Gasteiger partial charge is 0.215 e. The standard InChI is InChI=1S/C20H28N/c1-14-10-11-21(7)19(16(14)3)18-9-8-17(12-15(18)2)13-20(4,5)6/h8-12H,13H2,1-7H3/q+1. The van der Waals surface area contributed by atoms with Crippen LogP contribution >= 0.6 is 0 Å². The third-order valence-electron chi connectivity index (χ3n) is 4.13. The summed E-state index contributed by atoms with van der Waals surface area (Å²) in [5, 5.41) is 0. The molecule has 0 aliphatic rings.